The molecule has 0 saturated heterocycles. The second kappa shape index (κ2) is 4.79. The predicted octanol–water partition coefficient (Wildman–Crippen LogP) is 2.47. The van der Waals surface area contributed by atoms with Crippen LogP contribution in [0, 0.1) is 0 Å². The zero-order valence-corrected chi connectivity index (χ0v) is 9.57. The summed E-state index contributed by atoms with van der Waals surface area (Å²) >= 11 is 0. The van der Waals surface area contributed by atoms with Crippen molar-refractivity contribution in [2.75, 3.05) is 5.32 Å². The third-order valence-electron chi connectivity index (χ3n) is 2.25. The number of carbonyl (C=O) groups excluding carboxylic acids is 1. The van der Waals surface area contributed by atoms with Crippen molar-refractivity contribution in [3.05, 3.63) is 29.3 Å². The van der Waals surface area contributed by atoms with E-state index in [-0.39, 0.29) is 17.4 Å². The smallest absolute Gasteiger partial charge is 0.337 e. The number of hydrogen-bond donors (Lipinski definition) is 2. The van der Waals surface area contributed by atoms with Crippen LogP contribution in [0.25, 0.3) is 0 Å². The minimum Gasteiger partial charge on any atom is -0.478 e. The first kappa shape index (κ1) is 12.2. The van der Waals surface area contributed by atoms with Crippen molar-refractivity contribution < 1.29 is 14.7 Å². The second-order valence-corrected chi connectivity index (χ2v) is 3.91. The summed E-state index contributed by atoms with van der Waals surface area (Å²) in [5.74, 6) is -1.15. The van der Waals surface area contributed by atoms with Gasteiger partial charge in [0, 0.05) is 6.92 Å². The summed E-state index contributed by atoms with van der Waals surface area (Å²) in [6.07, 6.45) is 0. The maximum Gasteiger partial charge on any atom is 0.337 e. The predicted molar refractivity (Wildman–Crippen MR) is 61.8 cm³/mol. The lowest BCUT2D eigenvalue weighted by Gasteiger charge is -2.15. The van der Waals surface area contributed by atoms with E-state index in [0.29, 0.717) is 5.69 Å². The lowest BCUT2D eigenvalue weighted by atomic mass is 9.97. The van der Waals surface area contributed by atoms with E-state index < -0.39 is 5.97 Å². The van der Waals surface area contributed by atoms with Crippen molar-refractivity contribution in [1.29, 1.82) is 0 Å². The van der Waals surface area contributed by atoms with Crippen LogP contribution in [0.2, 0.25) is 0 Å². The van der Waals surface area contributed by atoms with Gasteiger partial charge in [0.2, 0.25) is 5.91 Å². The first-order valence-corrected chi connectivity index (χ1v) is 5.07. The monoisotopic (exact) mass is 221 g/mol. The van der Waals surface area contributed by atoms with Gasteiger partial charge in [-0.1, -0.05) is 26.0 Å². The SMILES string of the molecule is CC(=O)Nc1c(C(=O)O)cccc1C(C)C. The Morgan fingerprint density at radius 2 is 1.94 bits per heavy atom. The molecule has 0 radical (unpaired) electrons. The molecule has 1 aromatic carbocycles. The quantitative estimate of drug-likeness (QED) is 0.823. The van der Waals surface area contributed by atoms with Crippen LogP contribution in [-0.2, 0) is 4.79 Å². The highest BCUT2D eigenvalue weighted by molar-refractivity contribution is 6.01. The van der Waals surface area contributed by atoms with Gasteiger partial charge in [0.05, 0.1) is 11.3 Å². The summed E-state index contributed by atoms with van der Waals surface area (Å²) in [5.41, 5.74) is 1.36. The molecule has 0 aliphatic carbocycles. The number of benzene rings is 1. The highest BCUT2D eigenvalue weighted by Crippen LogP contribution is 2.27. The number of rotatable bonds is 3. The van der Waals surface area contributed by atoms with Crippen LogP contribution in [0.1, 0.15) is 42.6 Å². The van der Waals surface area contributed by atoms with E-state index in [1.54, 1.807) is 6.07 Å². The van der Waals surface area contributed by atoms with Crippen LogP contribution in [0.4, 0.5) is 5.69 Å². The maximum absolute atomic E-state index is 11.1. The molecule has 0 atom stereocenters. The van der Waals surface area contributed by atoms with Crippen LogP contribution < -0.4 is 5.32 Å². The molecule has 0 heterocycles. The summed E-state index contributed by atoms with van der Waals surface area (Å²) in [7, 11) is 0. The molecule has 0 bridgehead atoms. The zero-order chi connectivity index (χ0) is 12.3. The highest BCUT2D eigenvalue weighted by atomic mass is 16.4. The molecule has 0 saturated carbocycles. The fourth-order valence-electron chi connectivity index (χ4n) is 1.55. The van der Waals surface area contributed by atoms with Crippen molar-refractivity contribution in [2.45, 2.75) is 26.7 Å². The van der Waals surface area contributed by atoms with Gasteiger partial charge in [-0.2, -0.15) is 0 Å². The molecule has 0 aliphatic rings. The number of aromatic carboxylic acids is 1. The number of carboxylic acid groups (broad SMARTS) is 1. The number of para-hydroxylation sites is 1. The first-order valence-electron chi connectivity index (χ1n) is 5.07. The molecule has 1 amide bonds. The molecule has 0 unspecified atom stereocenters. The van der Waals surface area contributed by atoms with E-state index in [1.165, 1.54) is 13.0 Å². The van der Waals surface area contributed by atoms with E-state index in [9.17, 15) is 9.59 Å². The van der Waals surface area contributed by atoms with Crippen LogP contribution in [-0.4, -0.2) is 17.0 Å². The molecule has 2 N–H and O–H groups in total. The van der Waals surface area contributed by atoms with Gasteiger partial charge in [-0.3, -0.25) is 4.79 Å². The van der Waals surface area contributed by atoms with E-state index in [2.05, 4.69) is 5.32 Å². The molecular formula is C12H15NO3. The Morgan fingerprint density at radius 3 is 2.38 bits per heavy atom. The minimum atomic E-state index is -1.04. The van der Waals surface area contributed by atoms with Crippen LogP contribution in [0.5, 0.6) is 0 Å². The molecule has 0 aliphatic heterocycles. The number of carboxylic acids is 1. The van der Waals surface area contributed by atoms with E-state index in [1.807, 2.05) is 19.9 Å². The third-order valence-corrected chi connectivity index (χ3v) is 2.25. The third kappa shape index (κ3) is 2.59. The molecule has 0 aromatic heterocycles. The molecule has 4 nitrogen and oxygen atoms in total. The topological polar surface area (TPSA) is 66.4 Å². The maximum atomic E-state index is 11.1. The van der Waals surface area contributed by atoms with Crippen LogP contribution in [0.15, 0.2) is 18.2 Å². The van der Waals surface area contributed by atoms with Crippen molar-refractivity contribution in [1.82, 2.24) is 0 Å². The van der Waals surface area contributed by atoms with E-state index in [4.69, 9.17) is 5.11 Å². The Morgan fingerprint density at radius 1 is 1.31 bits per heavy atom. The zero-order valence-electron chi connectivity index (χ0n) is 9.57. The fourth-order valence-corrected chi connectivity index (χ4v) is 1.55. The van der Waals surface area contributed by atoms with Gasteiger partial charge in [-0.25, -0.2) is 4.79 Å². The van der Waals surface area contributed by atoms with E-state index in [0.717, 1.165) is 5.56 Å². The lowest BCUT2D eigenvalue weighted by molar-refractivity contribution is -0.114. The number of amides is 1. The molecule has 0 fully saturated rings. The summed E-state index contributed by atoms with van der Waals surface area (Å²) in [6, 6.07) is 4.99. The normalized spacial score (nSPS) is 10.2. The van der Waals surface area contributed by atoms with Gasteiger partial charge in [0.1, 0.15) is 0 Å². The average Bonchev–Trinajstić information content (AvgIpc) is 2.16. The van der Waals surface area contributed by atoms with Crippen LogP contribution in [0.3, 0.4) is 0 Å². The van der Waals surface area contributed by atoms with Crippen molar-refractivity contribution in [3.63, 3.8) is 0 Å². The molecule has 86 valence electrons. The minimum absolute atomic E-state index is 0.126. The Balaban J connectivity index is 3.34. The van der Waals surface area contributed by atoms with Crippen LogP contribution >= 0.6 is 0 Å². The summed E-state index contributed by atoms with van der Waals surface area (Å²) < 4.78 is 0. The standard InChI is InChI=1S/C12H15NO3/c1-7(2)9-5-4-6-10(12(15)16)11(9)13-8(3)14/h4-7H,1-3H3,(H,13,14)(H,15,16). The molecule has 1 aromatic rings. The van der Waals surface area contributed by atoms with Crippen molar-refractivity contribution >= 4 is 17.6 Å². The van der Waals surface area contributed by atoms with Gasteiger partial charge in [0.15, 0.2) is 0 Å². The second-order valence-electron chi connectivity index (χ2n) is 3.91. The molecule has 4 heteroatoms. The number of carbonyl (C=O) groups is 2. The molecular weight excluding hydrogens is 206 g/mol. The number of hydrogen-bond acceptors (Lipinski definition) is 2. The first-order chi connectivity index (χ1) is 7.43. The van der Waals surface area contributed by atoms with Gasteiger partial charge in [0.25, 0.3) is 0 Å². The summed E-state index contributed by atoms with van der Waals surface area (Å²) in [6.45, 7) is 5.27. The van der Waals surface area contributed by atoms with Crippen molar-refractivity contribution in [2.24, 2.45) is 0 Å². The van der Waals surface area contributed by atoms with Gasteiger partial charge < -0.3 is 10.4 Å². The number of nitrogens with one attached hydrogen (secondary N) is 1. The molecule has 16 heavy (non-hydrogen) atoms. The average molecular weight is 221 g/mol. The largest absolute Gasteiger partial charge is 0.478 e. The lowest BCUT2D eigenvalue weighted by Crippen LogP contribution is -2.13. The Bertz CT molecular complexity index is 424. The fraction of sp³-hybridized carbons (Fsp3) is 0.333. The molecule has 0 spiro atoms. The summed E-state index contributed by atoms with van der Waals surface area (Å²) in [4.78, 5) is 22.1. The van der Waals surface area contributed by atoms with E-state index >= 15 is 0 Å². The molecule has 1 rings (SSSR count). The Hall–Kier alpha value is -1.84. The summed E-state index contributed by atoms with van der Waals surface area (Å²) in [5, 5.41) is 11.6. The van der Waals surface area contributed by atoms with Gasteiger partial charge in [-0.05, 0) is 17.5 Å². The van der Waals surface area contributed by atoms with Gasteiger partial charge >= 0.3 is 5.97 Å². The van der Waals surface area contributed by atoms with Gasteiger partial charge in [-0.15, -0.1) is 0 Å². The Labute approximate surface area is 94.3 Å². The number of anilines is 1. The highest BCUT2D eigenvalue weighted by Gasteiger charge is 2.16. The Kier molecular flexibility index (Phi) is 3.66. The van der Waals surface area contributed by atoms with Crippen molar-refractivity contribution in [3.8, 4) is 0 Å².